The van der Waals surface area contributed by atoms with Crippen molar-refractivity contribution in [2.75, 3.05) is 0 Å². The number of rotatable bonds is 1. The highest BCUT2D eigenvalue weighted by Crippen LogP contribution is 1.80. The van der Waals surface area contributed by atoms with Gasteiger partial charge < -0.3 is 5.73 Å². The zero-order valence-corrected chi connectivity index (χ0v) is 6.21. The summed E-state index contributed by atoms with van der Waals surface area (Å²) in [4.78, 5) is 0. The average molecular weight is 171 g/mol. The van der Waals surface area contributed by atoms with Gasteiger partial charge in [0, 0.05) is 6.54 Å². The largest absolute Gasteiger partial charge is 0.325 e. The fourth-order valence-corrected chi connectivity index (χ4v) is 0.324. The lowest BCUT2D eigenvalue weighted by atomic mass is 10.5. The molecule has 9 heavy (non-hydrogen) atoms. The second-order valence-corrected chi connectivity index (χ2v) is 1.17. The van der Waals surface area contributed by atoms with Crippen LogP contribution in [0.4, 0.5) is 0 Å². The number of aromatic nitrogens is 3. The van der Waals surface area contributed by atoms with E-state index >= 15 is 0 Å². The van der Waals surface area contributed by atoms with Crippen LogP contribution in [0.1, 0.15) is 5.69 Å². The Morgan fingerprint density at radius 3 is 2.44 bits per heavy atom. The summed E-state index contributed by atoms with van der Waals surface area (Å²) in [5, 5.41) is 9.65. The molecule has 0 atom stereocenters. The number of halogens is 2. The van der Waals surface area contributed by atoms with E-state index in [9.17, 15) is 0 Å². The van der Waals surface area contributed by atoms with E-state index in [0.717, 1.165) is 5.69 Å². The van der Waals surface area contributed by atoms with Gasteiger partial charge in [0.25, 0.3) is 0 Å². The van der Waals surface area contributed by atoms with Crippen molar-refractivity contribution in [3.8, 4) is 0 Å². The predicted molar refractivity (Wildman–Crippen MR) is 38.8 cm³/mol. The number of hydrogen-bond donors (Lipinski definition) is 2. The molecule has 0 aliphatic rings. The molecule has 0 aliphatic carbocycles. The molecule has 6 heteroatoms. The number of hydrogen-bond acceptors (Lipinski definition) is 3. The standard InChI is InChI=1S/C3H6N4.2ClH/c4-1-3-2-5-7-6-3;;/h2H,1,4H2,(H,5,6,7);2*1H. The average Bonchev–Trinajstić information content (AvgIpc) is 2.14. The van der Waals surface area contributed by atoms with Crippen molar-refractivity contribution < 1.29 is 0 Å². The molecule has 1 aromatic rings. The summed E-state index contributed by atoms with van der Waals surface area (Å²) in [7, 11) is 0. The Balaban J connectivity index is 0. The van der Waals surface area contributed by atoms with E-state index in [4.69, 9.17) is 5.73 Å². The Morgan fingerprint density at radius 1 is 1.56 bits per heavy atom. The fourth-order valence-electron chi connectivity index (χ4n) is 0.324. The molecule has 0 spiro atoms. The lowest BCUT2D eigenvalue weighted by molar-refractivity contribution is 0.898. The molecule has 3 N–H and O–H groups in total. The Kier molecular flexibility index (Phi) is 7.41. The summed E-state index contributed by atoms with van der Waals surface area (Å²) in [6.07, 6.45) is 1.60. The first-order valence-corrected chi connectivity index (χ1v) is 1.98. The first-order chi connectivity index (χ1) is 3.43. The van der Waals surface area contributed by atoms with Crippen LogP contribution < -0.4 is 5.73 Å². The van der Waals surface area contributed by atoms with Crippen LogP contribution in [-0.4, -0.2) is 15.4 Å². The molecule has 0 saturated heterocycles. The lowest BCUT2D eigenvalue weighted by Crippen LogP contribution is -1.95. The minimum atomic E-state index is 0. The van der Waals surface area contributed by atoms with Gasteiger partial charge in [-0.25, -0.2) is 0 Å². The third-order valence-electron chi connectivity index (χ3n) is 0.674. The van der Waals surface area contributed by atoms with Gasteiger partial charge in [0.15, 0.2) is 0 Å². The zero-order chi connectivity index (χ0) is 5.11. The predicted octanol–water partition coefficient (Wildman–Crippen LogP) is 0.107. The zero-order valence-electron chi connectivity index (χ0n) is 4.57. The van der Waals surface area contributed by atoms with Crippen LogP contribution in [0.2, 0.25) is 0 Å². The Labute approximate surface area is 65.0 Å². The molecule has 0 unspecified atom stereocenters. The summed E-state index contributed by atoms with van der Waals surface area (Å²) >= 11 is 0. The molecule has 0 amide bonds. The van der Waals surface area contributed by atoms with Crippen LogP contribution in [0.25, 0.3) is 0 Å². The number of H-pyrrole nitrogens is 1. The summed E-state index contributed by atoms with van der Waals surface area (Å²) in [5.74, 6) is 0. The van der Waals surface area contributed by atoms with E-state index in [2.05, 4.69) is 15.4 Å². The second kappa shape index (κ2) is 5.81. The number of nitrogens with two attached hydrogens (primary N) is 1. The Morgan fingerprint density at radius 2 is 2.22 bits per heavy atom. The summed E-state index contributed by atoms with van der Waals surface area (Å²) in [6, 6.07) is 0. The molecule has 0 bridgehead atoms. The van der Waals surface area contributed by atoms with Crippen molar-refractivity contribution in [3.63, 3.8) is 0 Å². The topological polar surface area (TPSA) is 67.6 Å². The van der Waals surface area contributed by atoms with Gasteiger partial charge in [-0.2, -0.15) is 15.4 Å². The highest BCUT2D eigenvalue weighted by atomic mass is 35.5. The minimum Gasteiger partial charge on any atom is -0.325 e. The van der Waals surface area contributed by atoms with Gasteiger partial charge in [0.1, 0.15) is 0 Å². The Bertz CT molecular complexity index is 128. The van der Waals surface area contributed by atoms with Crippen LogP contribution in [-0.2, 0) is 6.54 Å². The molecule has 0 fully saturated rings. The molecule has 4 nitrogen and oxygen atoms in total. The maximum Gasteiger partial charge on any atom is 0.0960 e. The van der Waals surface area contributed by atoms with Crippen LogP contribution in [0.15, 0.2) is 6.20 Å². The molecular weight excluding hydrogens is 163 g/mol. The van der Waals surface area contributed by atoms with Crippen LogP contribution in [0.3, 0.4) is 0 Å². The molecule has 0 saturated carbocycles. The van der Waals surface area contributed by atoms with Crippen molar-refractivity contribution in [3.05, 3.63) is 11.9 Å². The van der Waals surface area contributed by atoms with E-state index in [1.807, 2.05) is 0 Å². The third kappa shape index (κ3) is 3.29. The van der Waals surface area contributed by atoms with Gasteiger partial charge in [-0.3, -0.25) is 0 Å². The van der Waals surface area contributed by atoms with E-state index in [1.54, 1.807) is 6.20 Å². The van der Waals surface area contributed by atoms with E-state index in [0.29, 0.717) is 6.54 Å². The fraction of sp³-hybridized carbons (Fsp3) is 0.333. The van der Waals surface area contributed by atoms with E-state index in [-0.39, 0.29) is 24.8 Å². The van der Waals surface area contributed by atoms with Crippen molar-refractivity contribution >= 4 is 24.8 Å². The van der Waals surface area contributed by atoms with Gasteiger partial charge in [-0.1, -0.05) is 0 Å². The summed E-state index contributed by atoms with van der Waals surface area (Å²) < 4.78 is 0. The molecule has 0 radical (unpaired) electrons. The number of nitrogens with one attached hydrogen (secondary N) is 1. The third-order valence-corrected chi connectivity index (χ3v) is 0.674. The second-order valence-electron chi connectivity index (χ2n) is 1.17. The molecule has 0 aliphatic heterocycles. The first kappa shape index (κ1) is 11.5. The van der Waals surface area contributed by atoms with Crippen LogP contribution in [0, 0.1) is 0 Å². The van der Waals surface area contributed by atoms with Crippen molar-refractivity contribution in [1.82, 2.24) is 15.4 Å². The maximum atomic E-state index is 5.17. The molecule has 1 rings (SSSR count). The lowest BCUT2D eigenvalue weighted by Gasteiger charge is -1.76. The highest BCUT2D eigenvalue weighted by Gasteiger charge is 1.85. The first-order valence-electron chi connectivity index (χ1n) is 1.98. The van der Waals surface area contributed by atoms with Gasteiger partial charge in [-0.05, 0) is 0 Å². The highest BCUT2D eigenvalue weighted by molar-refractivity contribution is 5.85. The smallest absolute Gasteiger partial charge is 0.0960 e. The minimum absolute atomic E-state index is 0. The quantitative estimate of drug-likeness (QED) is 0.629. The van der Waals surface area contributed by atoms with Crippen LogP contribution >= 0.6 is 24.8 Å². The van der Waals surface area contributed by atoms with Gasteiger partial charge in [-0.15, -0.1) is 24.8 Å². The van der Waals surface area contributed by atoms with E-state index in [1.165, 1.54) is 0 Å². The monoisotopic (exact) mass is 170 g/mol. The SMILES string of the molecule is Cl.Cl.NCc1cn[nH]n1. The molecule has 1 aromatic heterocycles. The van der Waals surface area contributed by atoms with Crippen molar-refractivity contribution in [2.45, 2.75) is 6.54 Å². The normalized spacial score (nSPS) is 7.22. The molecule has 54 valence electrons. The summed E-state index contributed by atoms with van der Waals surface area (Å²) in [5.41, 5.74) is 5.96. The molecular formula is C3H8Cl2N4. The molecule has 1 heterocycles. The van der Waals surface area contributed by atoms with Crippen molar-refractivity contribution in [2.24, 2.45) is 5.73 Å². The van der Waals surface area contributed by atoms with Gasteiger partial charge >= 0.3 is 0 Å². The van der Waals surface area contributed by atoms with Gasteiger partial charge in [0.05, 0.1) is 11.9 Å². The maximum absolute atomic E-state index is 5.17. The van der Waals surface area contributed by atoms with Crippen molar-refractivity contribution in [1.29, 1.82) is 0 Å². The number of nitrogens with zero attached hydrogens (tertiary/aromatic N) is 2. The molecule has 0 aromatic carbocycles. The van der Waals surface area contributed by atoms with Crippen LogP contribution in [0.5, 0.6) is 0 Å². The number of aromatic amines is 1. The van der Waals surface area contributed by atoms with Gasteiger partial charge in [0.2, 0.25) is 0 Å². The Hall–Kier alpha value is -0.320. The van der Waals surface area contributed by atoms with E-state index < -0.39 is 0 Å². The summed E-state index contributed by atoms with van der Waals surface area (Å²) in [6.45, 7) is 0.455.